The molecule has 1 amide bonds. The van der Waals surface area contributed by atoms with E-state index in [1.807, 2.05) is 33.0 Å². The van der Waals surface area contributed by atoms with Crippen LogP contribution < -0.4 is 0 Å². The zero-order chi connectivity index (χ0) is 9.35. The van der Waals surface area contributed by atoms with E-state index < -0.39 is 0 Å². The average molecular weight is 170 g/mol. The Hall–Kier alpha value is -0.570. The minimum atomic E-state index is -0.148. The third kappa shape index (κ3) is 1.33. The Kier molecular flexibility index (Phi) is 2.42. The van der Waals surface area contributed by atoms with E-state index in [0.29, 0.717) is 0 Å². The molecule has 0 aliphatic heterocycles. The molecule has 1 aliphatic carbocycles. The summed E-state index contributed by atoms with van der Waals surface area (Å²) >= 11 is 0. The van der Waals surface area contributed by atoms with Crippen molar-refractivity contribution in [1.82, 2.24) is 9.80 Å². The SMILES string of the molecule is CCN(C)C(=O)C1(N(C)C)CC1. The van der Waals surface area contributed by atoms with E-state index in [-0.39, 0.29) is 11.4 Å². The summed E-state index contributed by atoms with van der Waals surface area (Å²) in [6, 6.07) is 0. The molecule has 1 aliphatic rings. The molecule has 0 N–H and O–H groups in total. The molecule has 70 valence electrons. The van der Waals surface area contributed by atoms with Gasteiger partial charge in [0.15, 0.2) is 0 Å². The highest BCUT2D eigenvalue weighted by atomic mass is 16.2. The van der Waals surface area contributed by atoms with Gasteiger partial charge >= 0.3 is 0 Å². The normalized spacial score (nSPS) is 19.4. The standard InChI is InChI=1S/C9H18N2O/c1-5-11(4)8(12)9(6-7-9)10(2)3/h5-7H2,1-4H3. The molecule has 0 heterocycles. The van der Waals surface area contributed by atoms with Crippen LogP contribution in [0.1, 0.15) is 19.8 Å². The predicted octanol–water partition coefficient (Wildman–Crippen LogP) is 0.559. The van der Waals surface area contributed by atoms with Gasteiger partial charge in [-0.3, -0.25) is 9.69 Å². The largest absolute Gasteiger partial charge is 0.344 e. The van der Waals surface area contributed by atoms with Crippen LogP contribution in [0, 0.1) is 0 Å². The van der Waals surface area contributed by atoms with Gasteiger partial charge < -0.3 is 4.90 Å². The Labute approximate surface area is 74.3 Å². The molecule has 1 rings (SSSR count). The number of hydrogen-bond donors (Lipinski definition) is 0. The molecule has 0 aromatic carbocycles. The van der Waals surface area contributed by atoms with E-state index in [1.54, 1.807) is 4.90 Å². The minimum Gasteiger partial charge on any atom is -0.344 e. The van der Waals surface area contributed by atoms with E-state index in [9.17, 15) is 4.79 Å². The molecule has 0 radical (unpaired) electrons. The molecule has 0 saturated heterocycles. The van der Waals surface area contributed by atoms with E-state index in [4.69, 9.17) is 0 Å². The summed E-state index contributed by atoms with van der Waals surface area (Å²) < 4.78 is 0. The molecule has 3 heteroatoms. The lowest BCUT2D eigenvalue weighted by atomic mass is 10.2. The van der Waals surface area contributed by atoms with Gasteiger partial charge in [-0.1, -0.05) is 0 Å². The second kappa shape index (κ2) is 3.05. The second-order valence-corrected chi connectivity index (χ2v) is 3.75. The Morgan fingerprint density at radius 2 is 1.83 bits per heavy atom. The van der Waals surface area contributed by atoms with Gasteiger partial charge in [-0.05, 0) is 33.9 Å². The molecule has 1 saturated carbocycles. The fraction of sp³-hybridized carbons (Fsp3) is 0.889. The van der Waals surface area contributed by atoms with Crippen molar-refractivity contribution in [1.29, 1.82) is 0 Å². The van der Waals surface area contributed by atoms with Crippen LogP contribution in [0.3, 0.4) is 0 Å². The molecule has 12 heavy (non-hydrogen) atoms. The first-order chi connectivity index (χ1) is 5.54. The maximum Gasteiger partial charge on any atom is 0.242 e. The topological polar surface area (TPSA) is 23.6 Å². The number of rotatable bonds is 3. The molecular weight excluding hydrogens is 152 g/mol. The van der Waals surface area contributed by atoms with Gasteiger partial charge in [0.1, 0.15) is 5.54 Å². The first kappa shape index (κ1) is 9.52. The third-order valence-corrected chi connectivity index (χ3v) is 2.80. The Morgan fingerprint density at radius 3 is 2.08 bits per heavy atom. The molecule has 3 nitrogen and oxygen atoms in total. The van der Waals surface area contributed by atoms with Crippen LogP contribution in [-0.4, -0.2) is 48.9 Å². The number of likely N-dealkylation sites (N-methyl/N-ethyl adjacent to an activating group) is 2. The molecule has 0 unspecified atom stereocenters. The van der Waals surface area contributed by atoms with E-state index in [1.165, 1.54) is 0 Å². The summed E-state index contributed by atoms with van der Waals surface area (Å²) in [5.74, 6) is 0.273. The smallest absolute Gasteiger partial charge is 0.242 e. The lowest BCUT2D eigenvalue weighted by molar-refractivity contribution is -0.136. The van der Waals surface area contributed by atoms with Crippen molar-refractivity contribution < 1.29 is 4.79 Å². The fourth-order valence-corrected chi connectivity index (χ4v) is 1.47. The van der Waals surface area contributed by atoms with Crippen LogP contribution in [-0.2, 0) is 4.79 Å². The van der Waals surface area contributed by atoms with E-state index >= 15 is 0 Å². The molecule has 1 fully saturated rings. The molecular formula is C9H18N2O. The van der Waals surface area contributed by atoms with Crippen LogP contribution in [0.4, 0.5) is 0 Å². The quantitative estimate of drug-likeness (QED) is 0.618. The van der Waals surface area contributed by atoms with Gasteiger partial charge in [0.25, 0.3) is 0 Å². The van der Waals surface area contributed by atoms with Crippen LogP contribution >= 0.6 is 0 Å². The maximum absolute atomic E-state index is 11.8. The van der Waals surface area contributed by atoms with Crippen molar-refractivity contribution >= 4 is 5.91 Å². The molecule has 0 aromatic rings. The number of nitrogens with zero attached hydrogens (tertiary/aromatic N) is 2. The summed E-state index contributed by atoms with van der Waals surface area (Å²) in [6.45, 7) is 2.80. The van der Waals surface area contributed by atoms with Gasteiger partial charge in [0.05, 0.1) is 0 Å². The molecule has 0 atom stereocenters. The number of amides is 1. The van der Waals surface area contributed by atoms with Crippen molar-refractivity contribution in [2.45, 2.75) is 25.3 Å². The first-order valence-electron chi connectivity index (χ1n) is 4.47. The van der Waals surface area contributed by atoms with Crippen molar-refractivity contribution in [2.75, 3.05) is 27.7 Å². The van der Waals surface area contributed by atoms with Crippen LogP contribution in [0.15, 0.2) is 0 Å². The summed E-state index contributed by atoms with van der Waals surface area (Å²) in [7, 11) is 5.83. The second-order valence-electron chi connectivity index (χ2n) is 3.75. The minimum absolute atomic E-state index is 0.148. The van der Waals surface area contributed by atoms with Crippen LogP contribution in [0.5, 0.6) is 0 Å². The van der Waals surface area contributed by atoms with Gasteiger partial charge in [-0.25, -0.2) is 0 Å². The highest BCUT2D eigenvalue weighted by Crippen LogP contribution is 2.41. The number of hydrogen-bond acceptors (Lipinski definition) is 2. The molecule has 0 spiro atoms. The Balaban J connectivity index is 2.63. The third-order valence-electron chi connectivity index (χ3n) is 2.80. The summed E-state index contributed by atoms with van der Waals surface area (Å²) in [6.07, 6.45) is 2.03. The van der Waals surface area contributed by atoms with Crippen LogP contribution in [0.2, 0.25) is 0 Å². The summed E-state index contributed by atoms with van der Waals surface area (Å²) in [5.41, 5.74) is -0.148. The highest BCUT2D eigenvalue weighted by Gasteiger charge is 2.52. The van der Waals surface area contributed by atoms with Crippen molar-refractivity contribution in [3.63, 3.8) is 0 Å². The molecule has 0 bridgehead atoms. The maximum atomic E-state index is 11.8. The monoisotopic (exact) mass is 170 g/mol. The summed E-state index contributed by atoms with van der Waals surface area (Å²) in [4.78, 5) is 15.6. The lowest BCUT2D eigenvalue weighted by Gasteiger charge is -2.27. The van der Waals surface area contributed by atoms with Crippen molar-refractivity contribution in [3.05, 3.63) is 0 Å². The lowest BCUT2D eigenvalue weighted by Crippen LogP contribution is -2.46. The fourth-order valence-electron chi connectivity index (χ4n) is 1.47. The van der Waals surface area contributed by atoms with Gasteiger partial charge in [0, 0.05) is 13.6 Å². The van der Waals surface area contributed by atoms with Crippen molar-refractivity contribution in [2.24, 2.45) is 0 Å². The number of carbonyl (C=O) groups excluding carboxylic acids is 1. The summed E-state index contributed by atoms with van der Waals surface area (Å²) in [5, 5.41) is 0. The van der Waals surface area contributed by atoms with Crippen LogP contribution in [0.25, 0.3) is 0 Å². The zero-order valence-corrected chi connectivity index (χ0v) is 8.42. The first-order valence-corrected chi connectivity index (χ1v) is 4.47. The Bertz CT molecular complexity index is 185. The van der Waals surface area contributed by atoms with E-state index in [0.717, 1.165) is 19.4 Å². The van der Waals surface area contributed by atoms with E-state index in [2.05, 4.69) is 0 Å². The van der Waals surface area contributed by atoms with Crippen molar-refractivity contribution in [3.8, 4) is 0 Å². The highest BCUT2D eigenvalue weighted by molar-refractivity contribution is 5.89. The average Bonchev–Trinajstić information content (AvgIpc) is 2.81. The number of carbonyl (C=O) groups is 1. The van der Waals surface area contributed by atoms with Gasteiger partial charge in [-0.2, -0.15) is 0 Å². The van der Waals surface area contributed by atoms with Gasteiger partial charge in [0.2, 0.25) is 5.91 Å². The predicted molar refractivity (Wildman–Crippen MR) is 49.0 cm³/mol. The molecule has 0 aromatic heterocycles. The Morgan fingerprint density at radius 1 is 1.33 bits per heavy atom. The zero-order valence-electron chi connectivity index (χ0n) is 8.42. The van der Waals surface area contributed by atoms with Gasteiger partial charge in [-0.15, -0.1) is 0 Å².